The largest absolute Gasteiger partial charge is 0.456 e. The van der Waals surface area contributed by atoms with Gasteiger partial charge in [-0.2, -0.15) is 0 Å². The zero-order chi connectivity index (χ0) is 16.7. The summed E-state index contributed by atoms with van der Waals surface area (Å²) in [4.78, 5) is 24.6. The maximum absolute atomic E-state index is 14.3. The lowest BCUT2D eigenvalue weighted by atomic mass is 10.0. The van der Waals surface area contributed by atoms with Crippen LogP contribution in [0, 0.1) is 5.82 Å². The van der Waals surface area contributed by atoms with Crippen LogP contribution in [-0.2, 0) is 34.3 Å². The van der Waals surface area contributed by atoms with E-state index in [1.165, 1.54) is 13.0 Å². The highest BCUT2D eigenvalue weighted by Gasteiger charge is 2.27. The van der Waals surface area contributed by atoms with Crippen molar-refractivity contribution in [3.05, 3.63) is 34.2 Å². The number of aromatic nitrogens is 1. The Morgan fingerprint density at radius 2 is 2.13 bits per heavy atom. The first-order chi connectivity index (χ1) is 10.9. The zero-order valence-corrected chi connectivity index (χ0v) is 13.6. The minimum absolute atomic E-state index is 0.0817. The molecule has 0 radical (unpaired) electrons. The van der Waals surface area contributed by atoms with E-state index in [9.17, 15) is 14.0 Å². The average molecular weight is 339 g/mol. The quantitative estimate of drug-likeness (QED) is 0.790. The number of amides is 1. The number of esters is 1. The van der Waals surface area contributed by atoms with Crippen LogP contribution in [0.2, 0.25) is 5.02 Å². The molecule has 3 rings (SSSR count). The van der Waals surface area contributed by atoms with E-state index < -0.39 is 11.8 Å². The molecule has 2 heterocycles. The molecule has 1 aliphatic heterocycles. The van der Waals surface area contributed by atoms with Crippen LogP contribution >= 0.6 is 11.6 Å². The minimum atomic E-state index is -0.488. The minimum Gasteiger partial charge on any atom is -0.456 e. The molecular weight excluding hydrogens is 323 g/mol. The standard InChI is InChI=1S/C16H16ClFN2O3/c1-9(21)23-8-14(22)20-6-5-13-11(7-20)10-3-4-12(17)15(18)16(10)19(13)2/h3-4H,5-8H2,1-2H3. The number of hydrogen-bond acceptors (Lipinski definition) is 3. The first-order valence-electron chi connectivity index (χ1n) is 7.25. The lowest BCUT2D eigenvalue weighted by Gasteiger charge is -2.27. The second-order valence-corrected chi connectivity index (χ2v) is 5.99. The molecular formula is C16H16ClFN2O3. The summed E-state index contributed by atoms with van der Waals surface area (Å²) < 4.78 is 20.9. The van der Waals surface area contributed by atoms with E-state index in [1.54, 1.807) is 22.6 Å². The van der Waals surface area contributed by atoms with E-state index in [0.29, 0.717) is 25.0 Å². The van der Waals surface area contributed by atoms with Crippen molar-refractivity contribution in [2.45, 2.75) is 19.9 Å². The molecule has 0 aliphatic carbocycles. The Bertz CT molecular complexity index is 815. The Morgan fingerprint density at radius 1 is 1.39 bits per heavy atom. The molecule has 0 bridgehead atoms. The van der Waals surface area contributed by atoms with E-state index in [4.69, 9.17) is 16.3 Å². The van der Waals surface area contributed by atoms with E-state index in [0.717, 1.165) is 16.6 Å². The van der Waals surface area contributed by atoms with E-state index >= 15 is 0 Å². The average Bonchev–Trinajstić information content (AvgIpc) is 2.81. The van der Waals surface area contributed by atoms with Gasteiger partial charge in [0.1, 0.15) is 0 Å². The SMILES string of the molecule is CC(=O)OCC(=O)N1CCc2c(c3ccc(Cl)c(F)c3n2C)C1. The van der Waals surface area contributed by atoms with Gasteiger partial charge in [-0.05, 0) is 6.07 Å². The first kappa shape index (κ1) is 15.8. The molecule has 5 nitrogen and oxygen atoms in total. The summed E-state index contributed by atoms with van der Waals surface area (Å²) in [7, 11) is 1.80. The third-order valence-corrected chi connectivity index (χ3v) is 4.49. The van der Waals surface area contributed by atoms with E-state index in [-0.39, 0.29) is 17.5 Å². The van der Waals surface area contributed by atoms with Gasteiger partial charge in [0.15, 0.2) is 12.4 Å². The van der Waals surface area contributed by atoms with Gasteiger partial charge in [0.25, 0.3) is 5.91 Å². The summed E-state index contributed by atoms with van der Waals surface area (Å²) in [5.74, 6) is -1.19. The number of aryl methyl sites for hydroxylation is 1. The van der Waals surface area contributed by atoms with Crippen molar-refractivity contribution in [1.82, 2.24) is 9.47 Å². The summed E-state index contributed by atoms with van der Waals surface area (Å²) in [5, 5.41) is 0.840. The molecule has 2 aromatic rings. The lowest BCUT2D eigenvalue weighted by molar-refractivity contribution is -0.150. The number of nitrogens with zero attached hydrogens (tertiary/aromatic N) is 2. The lowest BCUT2D eigenvalue weighted by Crippen LogP contribution is -2.38. The summed E-state index contributed by atoms with van der Waals surface area (Å²) in [6.07, 6.45) is 0.614. The molecule has 0 atom stereocenters. The van der Waals surface area contributed by atoms with Crippen LogP contribution in [0.3, 0.4) is 0 Å². The van der Waals surface area contributed by atoms with Gasteiger partial charge in [0.2, 0.25) is 0 Å². The number of ether oxygens (including phenoxy) is 1. The Balaban J connectivity index is 1.95. The van der Waals surface area contributed by atoms with Gasteiger partial charge in [0, 0.05) is 50.1 Å². The number of fused-ring (bicyclic) bond motifs is 3. The smallest absolute Gasteiger partial charge is 0.303 e. The fourth-order valence-electron chi connectivity index (χ4n) is 3.08. The number of benzene rings is 1. The maximum Gasteiger partial charge on any atom is 0.303 e. The van der Waals surface area contributed by atoms with Gasteiger partial charge in [0.05, 0.1) is 10.5 Å². The number of hydrogen-bond donors (Lipinski definition) is 0. The van der Waals surface area contributed by atoms with Crippen LogP contribution in [0.1, 0.15) is 18.2 Å². The van der Waals surface area contributed by atoms with Crippen molar-refractivity contribution in [2.75, 3.05) is 13.2 Å². The van der Waals surface area contributed by atoms with Crippen molar-refractivity contribution >= 4 is 34.4 Å². The van der Waals surface area contributed by atoms with Crippen LogP contribution in [0.25, 0.3) is 10.9 Å². The van der Waals surface area contributed by atoms with E-state index in [2.05, 4.69) is 0 Å². The molecule has 1 amide bonds. The number of rotatable bonds is 2. The summed E-state index contributed by atoms with van der Waals surface area (Å²) >= 11 is 5.87. The molecule has 0 fully saturated rings. The predicted molar refractivity (Wildman–Crippen MR) is 83.6 cm³/mol. The van der Waals surface area contributed by atoms with Crippen LogP contribution in [-0.4, -0.2) is 34.5 Å². The van der Waals surface area contributed by atoms with Gasteiger partial charge in [-0.25, -0.2) is 4.39 Å². The van der Waals surface area contributed by atoms with E-state index in [1.807, 2.05) is 0 Å². The molecule has 122 valence electrons. The molecule has 7 heteroatoms. The van der Waals surface area contributed by atoms with Crippen LogP contribution in [0.5, 0.6) is 0 Å². The Hall–Kier alpha value is -2.08. The second-order valence-electron chi connectivity index (χ2n) is 5.59. The van der Waals surface area contributed by atoms with Crippen LogP contribution in [0.15, 0.2) is 12.1 Å². The molecule has 0 unspecified atom stereocenters. The Morgan fingerprint density at radius 3 is 2.83 bits per heavy atom. The molecule has 1 aromatic heterocycles. The molecule has 0 N–H and O–H groups in total. The summed E-state index contributed by atoms with van der Waals surface area (Å²) in [6, 6.07) is 3.30. The maximum atomic E-state index is 14.3. The number of carbonyl (C=O) groups is 2. The van der Waals surface area contributed by atoms with Crippen molar-refractivity contribution < 1.29 is 18.7 Å². The van der Waals surface area contributed by atoms with Gasteiger partial charge in [-0.1, -0.05) is 17.7 Å². The van der Waals surface area contributed by atoms with Gasteiger partial charge in [-0.15, -0.1) is 0 Å². The monoisotopic (exact) mass is 338 g/mol. The molecule has 0 saturated carbocycles. The van der Waals surface area contributed by atoms with Crippen molar-refractivity contribution in [2.24, 2.45) is 7.05 Å². The number of halogens is 2. The zero-order valence-electron chi connectivity index (χ0n) is 12.9. The Labute approximate surface area is 137 Å². The first-order valence-corrected chi connectivity index (χ1v) is 7.63. The predicted octanol–water partition coefficient (Wildman–Crippen LogP) is 2.42. The molecule has 0 spiro atoms. The molecule has 23 heavy (non-hydrogen) atoms. The summed E-state index contributed by atoms with van der Waals surface area (Å²) in [6.45, 7) is 1.87. The molecule has 1 aromatic carbocycles. The fourth-order valence-corrected chi connectivity index (χ4v) is 3.23. The third kappa shape index (κ3) is 2.67. The summed E-state index contributed by atoms with van der Waals surface area (Å²) in [5.41, 5.74) is 2.37. The Kier molecular flexibility index (Phi) is 4.02. The third-order valence-electron chi connectivity index (χ3n) is 4.20. The highest BCUT2D eigenvalue weighted by molar-refractivity contribution is 6.31. The topological polar surface area (TPSA) is 51.5 Å². The van der Waals surface area contributed by atoms with Crippen LogP contribution < -0.4 is 0 Å². The van der Waals surface area contributed by atoms with Gasteiger partial charge >= 0.3 is 5.97 Å². The van der Waals surface area contributed by atoms with Crippen molar-refractivity contribution in [3.8, 4) is 0 Å². The highest BCUT2D eigenvalue weighted by Crippen LogP contribution is 2.34. The van der Waals surface area contributed by atoms with Crippen LogP contribution in [0.4, 0.5) is 4.39 Å². The van der Waals surface area contributed by atoms with Gasteiger partial charge in [-0.3, -0.25) is 9.59 Å². The molecule has 1 aliphatic rings. The van der Waals surface area contributed by atoms with Gasteiger partial charge < -0.3 is 14.2 Å². The molecule has 0 saturated heterocycles. The fraction of sp³-hybridized carbons (Fsp3) is 0.375. The van der Waals surface area contributed by atoms with Crippen molar-refractivity contribution in [1.29, 1.82) is 0 Å². The van der Waals surface area contributed by atoms with Crippen molar-refractivity contribution in [3.63, 3.8) is 0 Å². The number of carbonyl (C=O) groups excluding carboxylic acids is 2. The highest BCUT2D eigenvalue weighted by atomic mass is 35.5. The second kappa shape index (κ2) is 5.85. The normalized spacial score (nSPS) is 14.0.